The molecule has 0 spiro atoms. The lowest BCUT2D eigenvalue weighted by Crippen LogP contribution is -2.58. The highest BCUT2D eigenvalue weighted by Crippen LogP contribution is 2.26. The lowest BCUT2D eigenvalue weighted by Gasteiger charge is -2.38. The average molecular weight is 432 g/mol. The van der Waals surface area contributed by atoms with Crippen LogP contribution in [0, 0.1) is 5.82 Å². The SMILES string of the molecule is CCOC(=O)C1CNCCN1C(N)c1ccc2cc(F)cc(C(=O)OC(C)(C)C)c2n1. The lowest BCUT2D eigenvalue weighted by molar-refractivity contribution is -0.151. The van der Waals surface area contributed by atoms with Crippen molar-refractivity contribution in [1.82, 2.24) is 15.2 Å². The van der Waals surface area contributed by atoms with Gasteiger partial charge in [-0.25, -0.2) is 14.2 Å². The molecule has 1 saturated heterocycles. The van der Waals surface area contributed by atoms with Crippen molar-refractivity contribution < 1.29 is 23.5 Å². The molecule has 1 aromatic heterocycles. The van der Waals surface area contributed by atoms with Crippen molar-refractivity contribution in [2.45, 2.75) is 45.5 Å². The molecule has 1 fully saturated rings. The van der Waals surface area contributed by atoms with Crippen LogP contribution in [0.1, 0.15) is 49.9 Å². The van der Waals surface area contributed by atoms with Crippen LogP contribution < -0.4 is 11.1 Å². The molecule has 1 aliphatic rings. The van der Waals surface area contributed by atoms with E-state index < -0.39 is 29.6 Å². The van der Waals surface area contributed by atoms with Gasteiger partial charge in [-0.3, -0.25) is 9.69 Å². The fourth-order valence-electron chi connectivity index (χ4n) is 3.55. The molecular formula is C22H29FN4O4. The van der Waals surface area contributed by atoms with E-state index in [0.717, 1.165) is 6.07 Å². The third-order valence-corrected chi connectivity index (χ3v) is 4.90. The zero-order chi connectivity index (χ0) is 22.8. The van der Waals surface area contributed by atoms with Gasteiger partial charge in [0.25, 0.3) is 0 Å². The first-order valence-corrected chi connectivity index (χ1v) is 10.3. The van der Waals surface area contributed by atoms with Gasteiger partial charge in [-0.1, -0.05) is 6.07 Å². The second kappa shape index (κ2) is 9.25. The van der Waals surface area contributed by atoms with E-state index in [1.165, 1.54) is 6.07 Å². The molecule has 0 amide bonds. The molecule has 1 aliphatic heterocycles. The summed E-state index contributed by atoms with van der Waals surface area (Å²) in [6.45, 7) is 8.83. The summed E-state index contributed by atoms with van der Waals surface area (Å²) in [5, 5.41) is 3.63. The molecule has 0 saturated carbocycles. The van der Waals surface area contributed by atoms with Crippen LogP contribution in [0.4, 0.5) is 4.39 Å². The normalized spacial score (nSPS) is 18.6. The van der Waals surface area contributed by atoms with E-state index in [9.17, 15) is 14.0 Å². The maximum Gasteiger partial charge on any atom is 0.340 e. The minimum atomic E-state index is -0.739. The van der Waals surface area contributed by atoms with Crippen LogP contribution in [0.3, 0.4) is 0 Å². The first kappa shape index (κ1) is 23.1. The maximum atomic E-state index is 14.1. The number of hydrogen-bond donors (Lipinski definition) is 2. The molecule has 2 unspecified atom stereocenters. The van der Waals surface area contributed by atoms with Gasteiger partial charge in [-0.2, -0.15) is 0 Å². The van der Waals surface area contributed by atoms with Crippen molar-refractivity contribution in [3.05, 3.63) is 41.3 Å². The van der Waals surface area contributed by atoms with Crippen molar-refractivity contribution in [1.29, 1.82) is 0 Å². The zero-order valence-electron chi connectivity index (χ0n) is 18.3. The Morgan fingerprint density at radius 2 is 2.10 bits per heavy atom. The standard InChI is InChI=1S/C22H29FN4O4/c1-5-30-21(29)17-12-25-8-9-27(17)19(24)16-7-6-13-10-14(23)11-15(18(13)26-16)20(28)31-22(2,3)4/h6-7,10-11,17,19,25H,5,8-9,12,24H2,1-4H3. The Morgan fingerprint density at radius 1 is 1.35 bits per heavy atom. The van der Waals surface area contributed by atoms with Gasteiger partial charge in [0, 0.05) is 25.0 Å². The highest BCUT2D eigenvalue weighted by molar-refractivity contribution is 6.02. The van der Waals surface area contributed by atoms with Crippen LogP contribution in [0.15, 0.2) is 24.3 Å². The van der Waals surface area contributed by atoms with Crippen LogP contribution in [0.5, 0.6) is 0 Å². The number of piperazine rings is 1. The quantitative estimate of drug-likeness (QED) is 0.692. The summed E-state index contributed by atoms with van der Waals surface area (Å²) >= 11 is 0. The van der Waals surface area contributed by atoms with Crippen LogP contribution >= 0.6 is 0 Å². The maximum absolute atomic E-state index is 14.1. The Balaban J connectivity index is 1.99. The summed E-state index contributed by atoms with van der Waals surface area (Å²) in [5.41, 5.74) is 6.53. The minimum Gasteiger partial charge on any atom is -0.465 e. The van der Waals surface area contributed by atoms with E-state index in [4.69, 9.17) is 15.2 Å². The molecule has 2 heterocycles. The van der Waals surface area contributed by atoms with E-state index >= 15 is 0 Å². The summed E-state index contributed by atoms with van der Waals surface area (Å²) in [4.78, 5) is 31.5. The number of fused-ring (bicyclic) bond motifs is 1. The van der Waals surface area contributed by atoms with Crippen LogP contribution in [0.2, 0.25) is 0 Å². The Morgan fingerprint density at radius 3 is 2.77 bits per heavy atom. The van der Waals surface area contributed by atoms with Crippen LogP contribution in [-0.2, 0) is 14.3 Å². The zero-order valence-corrected chi connectivity index (χ0v) is 18.3. The van der Waals surface area contributed by atoms with Gasteiger partial charge >= 0.3 is 11.9 Å². The van der Waals surface area contributed by atoms with Crippen molar-refractivity contribution in [3.8, 4) is 0 Å². The molecule has 8 nitrogen and oxygen atoms in total. The number of nitrogens with two attached hydrogens (primary N) is 1. The largest absolute Gasteiger partial charge is 0.465 e. The third kappa shape index (κ3) is 5.36. The molecule has 2 atom stereocenters. The number of hydrogen-bond acceptors (Lipinski definition) is 8. The van der Waals surface area contributed by atoms with E-state index in [0.29, 0.717) is 36.2 Å². The number of nitrogens with zero attached hydrogens (tertiary/aromatic N) is 2. The van der Waals surface area contributed by atoms with E-state index in [1.807, 2.05) is 4.90 Å². The number of aromatic nitrogens is 1. The predicted molar refractivity (Wildman–Crippen MR) is 114 cm³/mol. The van der Waals surface area contributed by atoms with Crippen molar-refractivity contribution >= 4 is 22.8 Å². The molecule has 0 aliphatic carbocycles. The van der Waals surface area contributed by atoms with Gasteiger partial charge in [-0.05, 0) is 45.9 Å². The Kier molecular flexibility index (Phi) is 6.88. The summed E-state index contributed by atoms with van der Waals surface area (Å²) in [5.74, 6) is -1.58. The second-order valence-electron chi connectivity index (χ2n) is 8.42. The number of carbonyl (C=O) groups is 2. The van der Waals surface area contributed by atoms with Gasteiger partial charge in [0.05, 0.1) is 23.4 Å². The van der Waals surface area contributed by atoms with Gasteiger partial charge in [0.2, 0.25) is 0 Å². The topological polar surface area (TPSA) is 107 Å². The molecular weight excluding hydrogens is 403 g/mol. The number of carbonyl (C=O) groups excluding carboxylic acids is 2. The van der Waals surface area contributed by atoms with Crippen molar-refractivity contribution in [2.24, 2.45) is 5.73 Å². The monoisotopic (exact) mass is 432 g/mol. The Hall–Kier alpha value is -2.62. The average Bonchev–Trinajstić information content (AvgIpc) is 2.71. The van der Waals surface area contributed by atoms with Gasteiger partial charge in [0.15, 0.2) is 0 Å². The highest BCUT2D eigenvalue weighted by atomic mass is 19.1. The molecule has 31 heavy (non-hydrogen) atoms. The number of esters is 2. The molecule has 9 heteroatoms. The van der Waals surface area contributed by atoms with E-state index in [-0.39, 0.29) is 18.1 Å². The fourth-order valence-corrected chi connectivity index (χ4v) is 3.55. The number of pyridine rings is 1. The lowest BCUT2D eigenvalue weighted by atomic mass is 10.1. The predicted octanol–water partition coefficient (Wildman–Crippen LogP) is 2.12. The van der Waals surface area contributed by atoms with Crippen molar-refractivity contribution in [2.75, 3.05) is 26.2 Å². The van der Waals surface area contributed by atoms with E-state index in [2.05, 4.69) is 10.3 Å². The minimum absolute atomic E-state index is 0.0289. The van der Waals surface area contributed by atoms with Crippen molar-refractivity contribution in [3.63, 3.8) is 0 Å². The number of benzene rings is 1. The smallest absolute Gasteiger partial charge is 0.340 e. The molecule has 168 valence electrons. The summed E-state index contributed by atoms with van der Waals surface area (Å²) in [7, 11) is 0. The van der Waals surface area contributed by atoms with Gasteiger partial charge < -0.3 is 20.5 Å². The number of rotatable bonds is 5. The summed E-state index contributed by atoms with van der Waals surface area (Å²) in [6.07, 6.45) is -0.711. The first-order valence-electron chi connectivity index (χ1n) is 10.3. The van der Waals surface area contributed by atoms with Gasteiger partial charge in [-0.15, -0.1) is 0 Å². The van der Waals surface area contributed by atoms with E-state index in [1.54, 1.807) is 39.8 Å². The third-order valence-electron chi connectivity index (χ3n) is 4.90. The van der Waals surface area contributed by atoms with Crippen LogP contribution in [0.25, 0.3) is 10.9 Å². The Labute approximate surface area is 180 Å². The number of nitrogens with one attached hydrogen (secondary N) is 1. The second-order valence-corrected chi connectivity index (χ2v) is 8.42. The molecule has 0 radical (unpaired) electrons. The number of halogens is 1. The number of ether oxygens (including phenoxy) is 2. The summed E-state index contributed by atoms with van der Waals surface area (Å²) in [6, 6.07) is 5.20. The summed E-state index contributed by atoms with van der Waals surface area (Å²) < 4.78 is 24.7. The van der Waals surface area contributed by atoms with Gasteiger partial charge in [0.1, 0.15) is 23.6 Å². The molecule has 3 N–H and O–H groups in total. The molecule has 2 aromatic rings. The molecule has 3 rings (SSSR count). The fraction of sp³-hybridized carbons (Fsp3) is 0.500. The molecule has 1 aromatic carbocycles. The molecule has 0 bridgehead atoms. The Bertz CT molecular complexity index is 976. The van der Waals surface area contributed by atoms with Crippen LogP contribution in [-0.4, -0.2) is 59.7 Å². The highest BCUT2D eigenvalue weighted by Gasteiger charge is 2.34. The first-order chi connectivity index (χ1) is 14.6.